The van der Waals surface area contributed by atoms with Gasteiger partial charge in [0.2, 0.25) is 0 Å². The van der Waals surface area contributed by atoms with Crippen molar-refractivity contribution in [1.29, 1.82) is 0 Å². The molecule has 1 heterocycles. The summed E-state index contributed by atoms with van der Waals surface area (Å²) in [6.07, 6.45) is -4.03. The molecule has 0 fully saturated rings. The second-order valence-corrected chi connectivity index (χ2v) is 4.90. The van der Waals surface area contributed by atoms with Gasteiger partial charge < -0.3 is 0 Å². The fraction of sp³-hybridized carbons (Fsp3) is 0.286. The smallest absolute Gasteiger partial charge is 0.250 e. The van der Waals surface area contributed by atoms with Crippen LogP contribution in [0.25, 0.3) is 0 Å². The largest absolute Gasteiger partial charge is 0.446 e. The molecule has 1 nitrogen and oxygen atoms in total. The summed E-state index contributed by atoms with van der Waals surface area (Å²) in [7, 11) is 0. The SMILES string of the molecule is FC(F)(F)Sc1cc(I)cnc1C(F)(F)F. The summed E-state index contributed by atoms with van der Waals surface area (Å²) in [5, 5.41) is 0. The van der Waals surface area contributed by atoms with E-state index in [2.05, 4.69) is 4.98 Å². The number of pyridine rings is 1. The second-order valence-electron chi connectivity index (χ2n) is 2.55. The van der Waals surface area contributed by atoms with Crippen LogP contribution in [0.15, 0.2) is 17.2 Å². The lowest BCUT2D eigenvalue weighted by Crippen LogP contribution is -2.12. The Balaban J connectivity index is 3.19. The van der Waals surface area contributed by atoms with Crippen molar-refractivity contribution in [2.24, 2.45) is 0 Å². The van der Waals surface area contributed by atoms with Gasteiger partial charge in [-0.05, 0) is 40.4 Å². The molecule has 1 rings (SSSR count). The van der Waals surface area contributed by atoms with Crippen LogP contribution in [0.4, 0.5) is 26.3 Å². The average molecular weight is 373 g/mol. The van der Waals surface area contributed by atoms with E-state index < -0.39 is 34.0 Å². The van der Waals surface area contributed by atoms with Crippen LogP contribution >= 0.6 is 34.4 Å². The number of hydrogen-bond donors (Lipinski definition) is 0. The van der Waals surface area contributed by atoms with Crippen LogP contribution in [-0.4, -0.2) is 10.5 Å². The number of alkyl halides is 6. The first-order valence-electron chi connectivity index (χ1n) is 3.58. The molecule has 0 aliphatic carbocycles. The highest BCUT2D eigenvalue weighted by molar-refractivity contribution is 14.1. The molecule has 16 heavy (non-hydrogen) atoms. The number of hydrogen-bond acceptors (Lipinski definition) is 2. The Kier molecular flexibility index (Phi) is 3.98. The van der Waals surface area contributed by atoms with Crippen LogP contribution in [-0.2, 0) is 6.18 Å². The summed E-state index contributed by atoms with van der Waals surface area (Å²) < 4.78 is 73.2. The standard InChI is InChI=1S/C7H2F6INS/c8-6(9,10)5-4(16-7(11,12)13)1-3(14)2-15-5/h1-2H. The third-order valence-electron chi connectivity index (χ3n) is 1.31. The summed E-state index contributed by atoms with van der Waals surface area (Å²) in [6.45, 7) is 0. The van der Waals surface area contributed by atoms with Gasteiger partial charge in [0.25, 0.3) is 0 Å². The van der Waals surface area contributed by atoms with Crippen molar-refractivity contribution in [2.75, 3.05) is 0 Å². The highest BCUT2D eigenvalue weighted by Crippen LogP contribution is 2.42. The maximum Gasteiger partial charge on any atom is 0.446 e. The Bertz CT molecular complexity index is 387. The van der Waals surface area contributed by atoms with E-state index in [1.807, 2.05) is 0 Å². The van der Waals surface area contributed by atoms with E-state index in [4.69, 9.17) is 0 Å². The molecule has 1 aromatic rings. The van der Waals surface area contributed by atoms with E-state index in [-0.39, 0.29) is 3.57 Å². The zero-order chi connectivity index (χ0) is 12.6. The summed E-state index contributed by atoms with van der Waals surface area (Å²) in [6, 6.07) is 0.800. The summed E-state index contributed by atoms with van der Waals surface area (Å²) >= 11 is 0.772. The van der Waals surface area contributed by atoms with E-state index in [1.54, 1.807) is 22.6 Å². The lowest BCUT2D eigenvalue weighted by molar-refractivity contribution is -0.143. The Morgan fingerprint density at radius 3 is 2.12 bits per heavy atom. The zero-order valence-electron chi connectivity index (χ0n) is 7.16. The predicted molar refractivity (Wildman–Crippen MR) is 53.9 cm³/mol. The van der Waals surface area contributed by atoms with Gasteiger partial charge in [-0.2, -0.15) is 26.3 Å². The summed E-state index contributed by atoms with van der Waals surface area (Å²) in [5.74, 6) is 0. The number of rotatable bonds is 1. The first-order chi connectivity index (χ1) is 7.09. The molecular weight excluding hydrogens is 371 g/mol. The van der Waals surface area contributed by atoms with Gasteiger partial charge in [-0.3, -0.25) is 0 Å². The lowest BCUT2D eigenvalue weighted by Gasteiger charge is -2.12. The van der Waals surface area contributed by atoms with Crippen molar-refractivity contribution in [2.45, 2.75) is 16.6 Å². The van der Waals surface area contributed by atoms with Gasteiger partial charge >= 0.3 is 11.7 Å². The summed E-state index contributed by atoms with van der Waals surface area (Å²) in [4.78, 5) is 2.04. The van der Waals surface area contributed by atoms with Crippen molar-refractivity contribution in [1.82, 2.24) is 4.98 Å². The minimum atomic E-state index is -4.89. The molecule has 0 aliphatic rings. The van der Waals surface area contributed by atoms with Crippen LogP contribution < -0.4 is 0 Å². The number of halogens is 7. The maximum absolute atomic E-state index is 12.3. The molecule has 0 spiro atoms. The van der Waals surface area contributed by atoms with Gasteiger partial charge in [0.1, 0.15) is 0 Å². The highest BCUT2D eigenvalue weighted by Gasteiger charge is 2.39. The maximum atomic E-state index is 12.3. The van der Waals surface area contributed by atoms with Gasteiger partial charge in [-0.1, -0.05) is 0 Å². The number of thioether (sulfide) groups is 1. The van der Waals surface area contributed by atoms with Gasteiger partial charge in [-0.25, -0.2) is 4.98 Å². The Morgan fingerprint density at radius 2 is 1.69 bits per heavy atom. The van der Waals surface area contributed by atoms with Crippen LogP contribution in [0, 0.1) is 3.57 Å². The zero-order valence-corrected chi connectivity index (χ0v) is 10.1. The highest BCUT2D eigenvalue weighted by atomic mass is 127. The van der Waals surface area contributed by atoms with Crippen molar-refractivity contribution < 1.29 is 26.3 Å². The molecule has 0 atom stereocenters. The van der Waals surface area contributed by atoms with E-state index in [1.165, 1.54) is 0 Å². The van der Waals surface area contributed by atoms with Gasteiger partial charge in [-0.15, -0.1) is 0 Å². The normalized spacial score (nSPS) is 12.9. The molecule has 9 heteroatoms. The van der Waals surface area contributed by atoms with E-state index in [9.17, 15) is 26.3 Å². The first-order valence-corrected chi connectivity index (χ1v) is 5.47. The molecule has 1 aromatic heterocycles. The van der Waals surface area contributed by atoms with Crippen LogP contribution in [0.2, 0.25) is 0 Å². The molecule has 0 radical (unpaired) electrons. The van der Waals surface area contributed by atoms with Crippen LogP contribution in [0.5, 0.6) is 0 Å². The molecule has 0 aromatic carbocycles. The summed E-state index contributed by atoms with van der Waals surface area (Å²) in [5.41, 5.74) is -6.29. The molecule has 0 saturated heterocycles. The molecule has 0 N–H and O–H groups in total. The van der Waals surface area contributed by atoms with Crippen molar-refractivity contribution >= 4 is 34.4 Å². The predicted octanol–water partition coefficient (Wildman–Crippen LogP) is 4.32. The Morgan fingerprint density at radius 1 is 1.12 bits per heavy atom. The minimum Gasteiger partial charge on any atom is -0.250 e. The third kappa shape index (κ3) is 4.00. The van der Waals surface area contributed by atoms with E-state index in [0.29, 0.717) is 0 Å². The molecular formula is C7H2F6INS. The Labute approximate surface area is 104 Å². The molecule has 90 valence electrons. The monoisotopic (exact) mass is 373 g/mol. The Hall–Kier alpha value is -0.190. The lowest BCUT2D eigenvalue weighted by atomic mass is 10.3. The average Bonchev–Trinajstić information content (AvgIpc) is 1.97. The minimum absolute atomic E-state index is 0.206. The molecule has 0 saturated carbocycles. The van der Waals surface area contributed by atoms with Crippen LogP contribution in [0.1, 0.15) is 5.69 Å². The van der Waals surface area contributed by atoms with E-state index >= 15 is 0 Å². The van der Waals surface area contributed by atoms with Gasteiger partial charge in [0.15, 0.2) is 5.69 Å². The van der Waals surface area contributed by atoms with Crippen molar-refractivity contribution in [3.8, 4) is 0 Å². The van der Waals surface area contributed by atoms with Crippen molar-refractivity contribution in [3.05, 3.63) is 21.5 Å². The number of aromatic nitrogens is 1. The molecule has 0 bridgehead atoms. The topological polar surface area (TPSA) is 12.9 Å². The fourth-order valence-corrected chi connectivity index (χ4v) is 2.20. The second kappa shape index (κ2) is 4.59. The number of nitrogens with zero attached hydrogens (tertiary/aromatic N) is 1. The van der Waals surface area contributed by atoms with Crippen LogP contribution in [0.3, 0.4) is 0 Å². The van der Waals surface area contributed by atoms with Gasteiger partial charge in [0, 0.05) is 14.7 Å². The fourth-order valence-electron chi connectivity index (χ4n) is 0.836. The third-order valence-corrected chi connectivity index (χ3v) is 2.67. The first kappa shape index (κ1) is 13.9. The van der Waals surface area contributed by atoms with E-state index in [0.717, 1.165) is 12.3 Å². The molecule has 0 aliphatic heterocycles. The quantitative estimate of drug-likeness (QED) is 0.413. The van der Waals surface area contributed by atoms with Gasteiger partial charge in [0.05, 0.1) is 0 Å². The molecule has 0 unspecified atom stereocenters. The van der Waals surface area contributed by atoms with Crippen molar-refractivity contribution in [3.63, 3.8) is 0 Å². The molecule has 0 amide bonds.